The molecule has 84 valence electrons. The quantitative estimate of drug-likeness (QED) is 0.619. The monoisotopic (exact) mass is 220 g/mol. The molecule has 0 saturated carbocycles. The number of pyridine rings is 1. The summed E-state index contributed by atoms with van der Waals surface area (Å²) in [5, 5.41) is 11.0. The lowest BCUT2D eigenvalue weighted by Crippen LogP contribution is -1.99. The van der Waals surface area contributed by atoms with Crippen LogP contribution in [-0.2, 0) is 0 Å². The molecule has 2 rings (SSSR count). The average molecular weight is 220 g/mol. The van der Waals surface area contributed by atoms with E-state index in [4.69, 9.17) is 5.73 Å². The van der Waals surface area contributed by atoms with E-state index >= 15 is 0 Å². The first-order chi connectivity index (χ1) is 7.50. The third kappa shape index (κ3) is 1.48. The molecule has 0 spiro atoms. The summed E-state index contributed by atoms with van der Waals surface area (Å²) in [6.45, 7) is 3.75. The molecule has 0 bridgehead atoms. The topological polar surface area (TPSA) is 86.5 Å². The summed E-state index contributed by atoms with van der Waals surface area (Å²) < 4.78 is 1.45. The Balaban J connectivity index is 2.81. The molecule has 0 aromatic carbocycles. The predicted molar refractivity (Wildman–Crippen MR) is 60.3 cm³/mol. The number of nitro groups is 1. The fourth-order valence-corrected chi connectivity index (χ4v) is 1.63. The van der Waals surface area contributed by atoms with Gasteiger partial charge < -0.3 is 15.8 Å². The zero-order valence-corrected chi connectivity index (χ0v) is 9.04. The Labute approximate surface area is 91.9 Å². The van der Waals surface area contributed by atoms with Crippen LogP contribution in [0.4, 0.5) is 11.5 Å². The van der Waals surface area contributed by atoms with Gasteiger partial charge >= 0.3 is 5.82 Å². The molecule has 0 radical (unpaired) electrons. The Bertz CT molecular complexity index is 559. The number of nitrogens with two attached hydrogens (primary N) is 1. The molecule has 2 aromatic rings. The number of anilines is 1. The van der Waals surface area contributed by atoms with Crippen molar-refractivity contribution in [3.05, 3.63) is 34.1 Å². The van der Waals surface area contributed by atoms with Crippen LogP contribution < -0.4 is 5.73 Å². The first kappa shape index (κ1) is 10.4. The van der Waals surface area contributed by atoms with Crippen molar-refractivity contribution < 1.29 is 4.92 Å². The standard InChI is InChI=1S/C10H12N4O2/c1-6(2)9-10(14(15)16)13-4-3-7(11)5-8(13)12-9/h3-6H,11H2,1-2H3. The van der Waals surface area contributed by atoms with Crippen molar-refractivity contribution in [2.24, 2.45) is 0 Å². The Morgan fingerprint density at radius 1 is 1.56 bits per heavy atom. The smallest absolute Gasteiger partial charge is 0.351 e. The zero-order chi connectivity index (χ0) is 11.9. The van der Waals surface area contributed by atoms with E-state index in [2.05, 4.69) is 4.98 Å². The molecule has 0 amide bonds. The van der Waals surface area contributed by atoms with E-state index in [1.807, 2.05) is 13.8 Å². The van der Waals surface area contributed by atoms with Gasteiger partial charge in [-0.2, -0.15) is 4.40 Å². The number of hydrogen-bond acceptors (Lipinski definition) is 4. The molecule has 0 saturated heterocycles. The van der Waals surface area contributed by atoms with Crippen LogP contribution in [0.3, 0.4) is 0 Å². The van der Waals surface area contributed by atoms with Gasteiger partial charge in [0.2, 0.25) is 5.65 Å². The molecule has 16 heavy (non-hydrogen) atoms. The van der Waals surface area contributed by atoms with Gasteiger partial charge in [0.15, 0.2) is 0 Å². The van der Waals surface area contributed by atoms with Crippen LogP contribution in [0, 0.1) is 10.1 Å². The summed E-state index contributed by atoms with van der Waals surface area (Å²) in [5.41, 5.74) is 7.15. The van der Waals surface area contributed by atoms with Gasteiger partial charge in [0.05, 0.1) is 0 Å². The molecule has 6 nitrogen and oxygen atoms in total. The average Bonchev–Trinajstić information content (AvgIpc) is 2.55. The van der Waals surface area contributed by atoms with Crippen LogP contribution in [0.2, 0.25) is 0 Å². The van der Waals surface area contributed by atoms with Crippen molar-refractivity contribution in [2.75, 3.05) is 5.73 Å². The number of imidazole rings is 1. The minimum absolute atomic E-state index is 0.00141. The highest BCUT2D eigenvalue weighted by Gasteiger charge is 2.24. The SMILES string of the molecule is CC(C)c1nc2cc(N)ccn2c1[N+](=O)[O-]. The summed E-state index contributed by atoms with van der Waals surface area (Å²) in [6, 6.07) is 3.24. The lowest BCUT2D eigenvalue weighted by molar-refractivity contribution is -0.391. The maximum absolute atomic E-state index is 11.0. The summed E-state index contributed by atoms with van der Waals surface area (Å²) in [5.74, 6) is 0.0199. The van der Waals surface area contributed by atoms with E-state index in [9.17, 15) is 10.1 Å². The second-order valence-corrected chi connectivity index (χ2v) is 3.92. The van der Waals surface area contributed by atoms with Gasteiger partial charge in [-0.25, -0.2) is 4.98 Å². The fraction of sp³-hybridized carbons (Fsp3) is 0.300. The van der Waals surface area contributed by atoms with Crippen molar-refractivity contribution in [3.63, 3.8) is 0 Å². The lowest BCUT2D eigenvalue weighted by atomic mass is 10.1. The second kappa shape index (κ2) is 3.48. The second-order valence-electron chi connectivity index (χ2n) is 3.92. The third-order valence-electron chi connectivity index (χ3n) is 2.37. The van der Waals surface area contributed by atoms with Crippen molar-refractivity contribution >= 4 is 17.2 Å². The summed E-state index contributed by atoms with van der Waals surface area (Å²) in [7, 11) is 0. The number of nitrogens with zero attached hydrogens (tertiary/aromatic N) is 3. The largest absolute Gasteiger partial charge is 0.398 e. The van der Waals surface area contributed by atoms with Gasteiger partial charge in [-0.3, -0.25) is 0 Å². The maximum atomic E-state index is 11.0. The highest BCUT2D eigenvalue weighted by atomic mass is 16.6. The van der Waals surface area contributed by atoms with Gasteiger partial charge in [-0.1, -0.05) is 13.8 Å². The zero-order valence-electron chi connectivity index (χ0n) is 9.04. The molecular formula is C10H12N4O2. The van der Waals surface area contributed by atoms with E-state index < -0.39 is 4.92 Å². The Morgan fingerprint density at radius 3 is 2.81 bits per heavy atom. The first-order valence-electron chi connectivity index (χ1n) is 4.92. The highest BCUT2D eigenvalue weighted by Crippen LogP contribution is 2.27. The van der Waals surface area contributed by atoms with Crippen LogP contribution in [0.1, 0.15) is 25.5 Å². The van der Waals surface area contributed by atoms with Gasteiger partial charge in [0.25, 0.3) is 0 Å². The molecule has 2 aromatic heterocycles. The Kier molecular flexibility index (Phi) is 2.26. The van der Waals surface area contributed by atoms with Crippen LogP contribution in [0.25, 0.3) is 5.65 Å². The van der Waals surface area contributed by atoms with Crippen molar-refractivity contribution in [1.29, 1.82) is 0 Å². The minimum Gasteiger partial charge on any atom is -0.398 e. The number of nitrogen functional groups attached to an aromatic ring is 1. The highest BCUT2D eigenvalue weighted by molar-refractivity contribution is 5.57. The Hall–Kier alpha value is -2.11. The summed E-state index contributed by atoms with van der Waals surface area (Å²) >= 11 is 0. The number of aromatic nitrogens is 2. The van der Waals surface area contributed by atoms with Crippen molar-refractivity contribution in [1.82, 2.24) is 9.38 Å². The molecule has 0 aliphatic rings. The van der Waals surface area contributed by atoms with Crippen molar-refractivity contribution in [3.8, 4) is 0 Å². The number of hydrogen-bond donors (Lipinski definition) is 1. The molecule has 0 aliphatic heterocycles. The lowest BCUT2D eigenvalue weighted by Gasteiger charge is -2.00. The fourth-order valence-electron chi connectivity index (χ4n) is 1.63. The van der Waals surface area contributed by atoms with Gasteiger partial charge in [-0.15, -0.1) is 0 Å². The van der Waals surface area contributed by atoms with Crippen LogP contribution in [0.5, 0.6) is 0 Å². The molecule has 2 N–H and O–H groups in total. The van der Waals surface area contributed by atoms with E-state index in [1.54, 1.807) is 18.3 Å². The molecule has 6 heteroatoms. The summed E-state index contributed by atoms with van der Waals surface area (Å²) in [4.78, 5) is 14.8. The van der Waals surface area contributed by atoms with Crippen LogP contribution in [0.15, 0.2) is 18.3 Å². The molecule has 0 fully saturated rings. The molecule has 0 atom stereocenters. The maximum Gasteiger partial charge on any atom is 0.351 e. The number of rotatable bonds is 2. The minimum atomic E-state index is -0.411. The third-order valence-corrected chi connectivity index (χ3v) is 2.37. The van der Waals surface area contributed by atoms with E-state index in [0.29, 0.717) is 17.0 Å². The molecular weight excluding hydrogens is 208 g/mol. The van der Waals surface area contributed by atoms with Gasteiger partial charge in [-0.05, 0) is 4.92 Å². The van der Waals surface area contributed by atoms with E-state index in [-0.39, 0.29) is 11.7 Å². The normalized spacial score (nSPS) is 11.2. The predicted octanol–water partition coefficient (Wildman–Crippen LogP) is 1.95. The molecule has 0 unspecified atom stereocenters. The molecule has 2 heterocycles. The Morgan fingerprint density at radius 2 is 2.25 bits per heavy atom. The van der Waals surface area contributed by atoms with Crippen LogP contribution in [-0.4, -0.2) is 14.3 Å². The van der Waals surface area contributed by atoms with Gasteiger partial charge in [0.1, 0.15) is 11.9 Å². The van der Waals surface area contributed by atoms with E-state index in [0.717, 1.165) is 0 Å². The van der Waals surface area contributed by atoms with Gasteiger partial charge in [0, 0.05) is 23.7 Å². The molecule has 0 aliphatic carbocycles. The van der Waals surface area contributed by atoms with E-state index in [1.165, 1.54) is 4.40 Å². The van der Waals surface area contributed by atoms with Crippen molar-refractivity contribution in [2.45, 2.75) is 19.8 Å². The first-order valence-corrected chi connectivity index (χ1v) is 4.92. The van der Waals surface area contributed by atoms with Crippen LogP contribution >= 0.6 is 0 Å². The summed E-state index contributed by atoms with van der Waals surface area (Å²) in [6.07, 6.45) is 1.57. The number of fused-ring (bicyclic) bond motifs is 1.